The van der Waals surface area contributed by atoms with Crippen LogP contribution in [0.5, 0.6) is 5.75 Å². The van der Waals surface area contributed by atoms with Gasteiger partial charge >= 0.3 is 0 Å². The van der Waals surface area contributed by atoms with E-state index >= 15 is 0 Å². The van der Waals surface area contributed by atoms with Crippen LogP contribution < -0.4 is 9.54 Å². The van der Waals surface area contributed by atoms with Crippen LogP contribution in [0.25, 0.3) is 10.2 Å². The van der Waals surface area contributed by atoms with Gasteiger partial charge in [-0.3, -0.25) is 4.79 Å². The summed E-state index contributed by atoms with van der Waals surface area (Å²) >= 11 is 4.86. The molecular formula is C19H19BrN2O3S. The number of amides is 1. The van der Waals surface area contributed by atoms with E-state index in [-0.39, 0.29) is 5.91 Å². The summed E-state index contributed by atoms with van der Waals surface area (Å²) in [5.74, 6) is 0.510. The van der Waals surface area contributed by atoms with Gasteiger partial charge in [-0.25, -0.2) is 0 Å². The van der Waals surface area contributed by atoms with Gasteiger partial charge in [0.1, 0.15) is 11.3 Å². The molecule has 3 rings (SSSR count). The quantitative estimate of drug-likeness (QED) is 0.582. The van der Waals surface area contributed by atoms with Crippen molar-refractivity contribution in [3.05, 3.63) is 57.3 Å². The van der Waals surface area contributed by atoms with E-state index in [9.17, 15) is 4.79 Å². The molecule has 0 spiro atoms. The number of thiazole rings is 1. The van der Waals surface area contributed by atoms with Gasteiger partial charge in [0.05, 0.1) is 17.9 Å². The predicted molar refractivity (Wildman–Crippen MR) is 107 cm³/mol. The highest BCUT2D eigenvalue weighted by molar-refractivity contribution is 9.10. The van der Waals surface area contributed by atoms with Crippen molar-refractivity contribution < 1.29 is 14.3 Å². The molecule has 0 aliphatic heterocycles. The second-order valence-electron chi connectivity index (χ2n) is 5.49. The maximum Gasteiger partial charge on any atom is 0.279 e. The summed E-state index contributed by atoms with van der Waals surface area (Å²) in [7, 11) is 1.65. The van der Waals surface area contributed by atoms with Gasteiger partial charge in [-0.05, 0) is 37.3 Å². The Bertz CT molecular complexity index is 994. The summed E-state index contributed by atoms with van der Waals surface area (Å²) in [5.41, 5.74) is 1.48. The molecule has 0 atom stereocenters. The maximum absolute atomic E-state index is 12.6. The zero-order chi connectivity index (χ0) is 18.5. The number of nitrogens with zero attached hydrogens (tertiary/aromatic N) is 2. The summed E-state index contributed by atoms with van der Waals surface area (Å²) in [4.78, 5) is 17.6. The lowest BCUT2D eigenvalue weighted by Gasteiger charge is -2.09. The Hall–Kier alpha value is -1.96. The molecule has 0 bridgehead atoms. The van der Waals surface area contributed by atoms with Crippen molar-refractivity contribution in [2.75, 3.05) is 20.3 Å². The number of benzene rings is 2. The number of halogens is 1. The molecule has 7 heteroatoms. The first-order valence-electron chi connectivity index (χ1n) is 8.22. The third-order valence-electron chi connectivity index (χ3n) is 3.75. The Morgan fingerprint density at radius 1 is 1.27 bits per heavy atom. The normalized spacial score (nSPS) is 11.9. The summed E-state index contributed by atoms with van der Waals surface area (Å²) in [6, 6.07) is 13.1. The Balaban J connectivity index is 2.15. The number of hydrogen-bond acceptors (Lipinski definition) is 4. The van der Waals surface area contributed by atoms with E-state index in [2.05, 4.69) is 20.9 Å². The highest BCUT2D eigenvalue weighted by atomic mass is 79.9. The average molecular weight is 435 g/mol. The van der Waals surface area contributed by atoms with Gasteiger partial charge in [0, 0.05) is 23.7 Å². The molecule has 5 nitrogen and oxygen atoms in total. The van der Waals surface area contributed by atoms with Gasteiger partial charge in [0.25, 0.3) is 5.91 Å². The maximum atomic E-state index is 12.6. The fraction of sp³-hybridized carbons (Fsp3) is 0.263. The van der Waals surface area contributed by atoms with Gasteiger partial charge in [-0.15, -0.1) is 0 Å². The topological polar surface area (TPSA) is 52.8 Å². The molecule has 0 fully saturated rings. The molecule has 2 aromatic carbocycles. The Kier molecular flexibility index (Phi) is 6.24. The second-order valence-corrected chi connectivity index (χ2v) is 7.42. The molecule has 0 unspecified atom stereocenters. The molecule has 0 radical (unpaired) electrons. The van der Waals surface area contributed by atoms with Crippen molar-refractivity contribution >= 4 is 43.4 Å². The predicted octanol–water partition coefficient (Wildman–Crippen LogP) is 4.25. The van der Waals surface area contributed by atoms with Gasteiger partial charge < -0.3 is 14.0 Å². The molecule has 0 aliphatic carbocycles. The van der Waals surface area contributed by atoms with Crippen LogP contribution in [0, 0.1) is 0 Å². The van der Waals surface area contributed by atoms with Crippen LogP contribution in [-0.2, 0) is 11.3 Å². The Morgan fingerprint density at radius 3 is 2.81 bits per heavy atom. The second kappa shape index (κ2) is 8.62. The zero-order valence-electron chi connectivity index (χ0n) is 14.6. The molecule has 1 aromatic heterocycles. The largest absolute Gasteiger partial charge is 0.492 e. The standard InChI is InChI=1S/C19H19BrN2O3S/c1-3-25-15-8-5-9-16-17(15)22(10-11-24-2)19(26-16)21-18(23)13-6-4-7-14(20)12-13/h4-9,12H,3,10-11H2,1-2H3. The average Bonchev–Trinajstić information content (AvgIpc) is 2.98. The lowest BCUT2D eigenvalue weighted by molar-refractivity contribution is 0.0997. The third-order valence-corrected chi connectivity index (χ3v) is 5.29. The minimum atomic E-state index is -0.276. The van der Waals surface area contributed by atoms with E-state index in [0.717, 1.165) is 20.4 Å². The van der Waals surface area contributed by atoms with Crippen LogP contribution in [0.15, 0.2) is 51.9 Å². The number of carbonyl (C=O) groups is 1. The Labute approximate surface area is 164 Å². The van der Waals surface area contributed by atoms with Crippen LogP contribution in [-0.4, -0.2) is 30.8 Å². The van der Waals surface area contributed by atoms with Crippen LogP contribution in [0.4, 0.5) is 0 Å². The summed E-state index contributed by atoms with van der Waals surface area (Å²) < 4.78 is 14.9. The van der Waals surface area contributed by atoms with Crippen molar-refractivity contribution in [1.29, 1.82) is 0 Å². The number of fused-ring (bicyclic) bond motifs is 1. The Morgan fingerprint density at radius 2 is 2.08 bits per heavy atom. The molecular weight excluding hydrogens is 416 g/mol. The SMILES string of the molecule is CCOc1cccc2sc(=NC(=O)c3cccc(Br)c3)n(CCOC)c12. The van der Waals surface area contributed by atoms with Gasteiger partial charge in [0.2, 0.25) is 0 Å². The molecule has 1 amide bonds. The van der Waals surface area contributed by atoms with Crippen LogP contribution in [0.1, 0.15) is 17.3 Å². The van der Waals surface area contributed by atoms with Crippen LogP contribution in [0.3, 0.4) is 0 Å². The van der Waals surface area contributed by atoms with Crippen molar-refractivity contribution in [1.82, 2.24) is 4.57 Å². The molecule has 0 N–H and O–H groups in total. The van der Waals surface area contributed by atoms with Crippen LogP contribution >= 0.6 is 27.3 Å². The number of ether oxygens (including phenoxy) is 2. The summed E-state index contributed by atoms with van der Waals surface area (Å²) in [6.07, 6.45) is 0. The van der Waals surface area contributed by atoms with E-state index in [0.29, 0.717) is 30.1 Å². The minimum Gasteiger partial charge on any atom is -0.492 e. The van der Waals surface area contributed by atoms with Crippen molar-refractivity contribution in [2.45, 2.75) is 13.5 Å². The number of carbonyl (C=O) groups excluding carboxylic acids is 1. The van der Waals surface area contributed by atoms with Gasteiger partial charge in [0.15, 0.2) is 4.80 Å². The molecule has 136 valence electrons. The van der Waals surface area contributed by atoms with Crippen molar-refractivity contribution in [3.8, 4) is 5.75 Å². The lowest BCUT2D eigenvalue weighted by atomic mass is 10.2. The first-order chi connectivity index (χ1) is 12.6. The molecule has 0 aliphatic rings. The number of methoxy groups -OCH3 is 1. The number of hydrogen-bond donors (Lipinski definition) is 0. The molecule has 3 aromatic rings. The van der Waals surface area contributed by atoms with Gasteiger partial charge in [-0.1, -0.05) is 39.4 Å². The fourth-order valence-corrected chi connectivity index (χ4v) is 4.09. The highest BCUT2D eigenvalue weighted by Gasteiger charge is 2.13. The monoisotopic (exact) mass is 434 g/mol. The van der Waals surface area contributed by atoms with E-state index in [1.165, 1.54) is 11.3 Å². The van der Waals surface area contributed by atoms with E-state index in [1.807, 2.05) is 41.8 Å². The number of rotatable bonds is 6. The number of para-hydroxylation sites is 1. The number of aromatic nitrogens is 1. The van der Waals surface area contributed by atoms with E-state index in [4.69, 9.17) is 9.47 Å². The minimum absolute atomic E-state index is 0.276. The molecule has 1 heterocycles. The fourth-order valence-electron chi connectivity index (χ4n) is 2.62. The van der Waals surface area contributed by atoms with Crippen molar-refractivity contribution in [2.24, 2.45) is 4.99 Å². The molecule has 26 heavy (non-hydrogen) atoms. The molecule has 0 saturated carbocycles. The zero-order valence-corrected chi connectivity index (χ0v) is 17.0. The summed E-state index contributed by atoms with van der Waals surface area (Å²) in [6.45, 7) is 3.63. The third kappa shape index (κ3) is 4.06. The lowest BCUT2D eigenvalue weighted by Crippen LogP contribution is -2.19. The van der Waals surface area contributed by atoms with Crippen LogP contribution in [0.2, 0.25) is 0 Å². The van der Waals surface area contributed by atoms with E-state index in [1.54, 1.807) is 19.2 Å². The van der Waals surface area contributed by atoms with E-state index < -0.39 is 0 Å². The first kappa shape index (κ1) is 18.8. The smallest absolute Gasteiger partial charge is 0.279 e. The molecule has 0 saturated heterocycles. The first-order valence-corrected chi connectivity index (χ1v) is 9.83. The highest BCUT2D eigenvalue weighted by Crippen LogP contribution is 2.27. The summed E-state index contributed by atoms with van der Waals surface area (Å²) in [5, 5.41) is 0. The van der Waals surface area contributed by atoms with Crippen molar-refractivity contribution in [3.63, 3.8) is 0 Å². The van der Waals surface area contributed by atoms with Gasteiger partial charge in [-0.2, -0.15) is 4.99 Å².